The Morgan fingerprint density at radius 3 is 2.36 bits per heavy atom. The van der Waals surface area contributed by atoms with Gasteiger partial charge in [0.05, 0.1) is 6.04 Å². The fourth-order valence-corrected chi connectivity index (χ4v) is 4.51. The number of carboxylic acids is 1. The van der Waals surface area contributed by atoms with Crippen LogP contribution in [-0.4, -0.2) is 82.0 Å². The molecule has 1 aromatic rings. The van der Waals surface area contributed by atoms with E-state index in [9.17, 15) is 29.4 Å². The number of aromatic hydroxyl groups is 1. The molecule has 13 heteroatoms. The van der Waals surface area contributed by atoms with Gasteiger partial charge in [0.1, 0.15) is 23.9 Å². The van der Waals surface area contributed by atoms with E-state index in [1.54, 1.807) is 12.1 Å². The Hall–Kier alpha value is -3.87. The molecule has 3 amide bonds. The van der Waals surface area contributed by atoms with Gasteiger partial charge < -0.3 is 42.9 Å². The van der Waals surface area contributed by atoms with Crippen LogP contribution >= 0.6 is 0 Å². The van der Waals surface area contributed by atoms with Crippen molar-refractivity contribution < 1.29 is 29.4 Å². The maximum absolute atomic E-state index is 13.3. The van der Waals surface area contributed by atoms with Crippen LogP contribution < -0.4 is 27.8 Å². The average molecular weight is 548 g/mol. The summed E-state index contributed by atoms with van der Waals surface area (Å²) in [6, 6.07) is 2.08. The second-order valence-electron chi connectivity index (χ2n) is 10.2. The number of nitrogens with zero attached hydrogens (tertiary/aromatic N) is 2. The standard InChI is InChI=1S/C26H41N7O6/c1-15(2)13-18(27)24(37)33-12-4-6-21(33)23(36)31-19(5-3-11-30-26(28)29)22(35)32-20(25(38)39)14-16-7-9-17(34)10-8-16/h7-10,15,18-21,34H,3-6,11-14,27H2,1-2H3,(H,31,36)(H,32,35)(H,38,39)(H4,28,29,30). The van der Waals surface area contributed by atoms with E-state index in [0.717, 1.165) is 0 Å². The maximum atomic E-state index is 13.3. The number of carboxylic acid groups (broad SMARTS) is 1. The van der Waals surface area contributed by atoms with Crippen LogP contribution in [0.3, 0.4) is 0 Å². The summed E-state index contributed by atoms with van der Waals surface area (Å²) < 4.78 is 0. The Bertz CT molecular complexity index is 1030. The molecule has 1 aromatic carbocycles. The highest BCUT2D eigenvalue weighted by Gasteiger charge is 2.38. The molecular weight excluding hydrogens is 506 g/mol. The third kappa shape index (κ3) is 10.1. The molecular formula is C26H41N7O6. The molecule has 0 aromatic heterocycles. The summed E-state index contributed by atoms with van der Waals surface area (Å²) in [6.45, 7) is 4.51. The van der Waals surface area contributed by atoms with E-state index < -0.39 is 42.0 Å². The van der Waals surface area contributed by atoms with Crippen molar-refractivity contribution in [3.63, 3.8) is 0 Å². The highest BCUT2D eigenvalue weighted by molar-refractivity contribution is 5.94. The van der Waals surface area contributed by atoms with Crippen molar-refractivity contribution in [2.45, 2.75) is 76.5 Å². The predicted octanol–water partition coefficient (Wildman–Crippen LogP) is -0.593. The Balaban J connectivity index is 2.15. The number of benzene rings is 1. The molecule has 1 saturated heterocycles. The summed E-state index contributed by atoms with van der Waals surface area (Å²) in [5, 5.41) is 24.4. The number of hydrogen-bond donors (Lipinski definition) is 7. The lowest BCUT2D eigenvalue weighted by atomic mass is 10.0. The number of likely N-dealkylation sites (tertiary alicyclic amines) is 1. The zero-order chi connectivity index (χ0) is 29.1. The predicted molar refractivity (Wildman–Crippen MR) is 145 cm³/mol. The number of phenolic OH excluding ortho intramolecular Hbond substituents is 1. The Kier molecular flexibility index (Phi) is 12.0. The van der Waals surface area contributed by atoms with Crippen LogP contribution in [0.25, 0.3) is 0 Å². The first-order valence-corrected chi connectivity index (χ1v) is 13.1. The van der Waals surface area contributed by atoms with E-state index in [2.05, 4.69) is 15.6 Å². The van der Waals surface area contributed by atoms with Gasteiger partial charge in [-0.2, -0.15) is 0 Å². The number of carbonyl (C=O) groups excluding carboxylic acids is 3. The smallest absolute Gasteiger partial charge is 0.326 e. The highest BCUT2D eigenvalue weighted by Crippen LogP contribution is 2.20. The van der Waals surface area contributed by atoms with Crippen molar-refractivity contribution in [2.24, 2.45) is 28.1 Å². The molecule has 1 fully saturated rings. The number of amides is 3. The third-order valence-electron chi connectivity index (χ3n) is 6.45. The van der Waals surface area contributed by atoms with Gasteiger partial charge in [-0.15, -0.1) is 0 Å². The van der Waals surface area contributed by atoms with Crippen LogP contribution in [0.2, 0.25) is 0 Å². The van der Waals surface area contributed by atoms with E-state index in [0.29, 0.717) is 37.8 Å². The molecule has 13 nitrogen and oxygen atoms in total. The number of hydrogen-bond acceptors (Lipinski definition) is 7. The number of nitrogens with two attached hydrogens (primary N) is 3. The monoisotopic (exact) mass is 547 g/mol. The van der Waals surface area contributed by atoms with Crippen LogP contribution in [0.1, 0.15) is 51.5 Å². The van der Waals surface area contributed by atoms with Gasteiger partial charge in [-0.05, 0) is 55.7 Å². The first-order chi connectivity index (χ1) is 18.4. The minimum atomic E-state index is -1.28. The number of aliphatic imine (C=N–C) groups is 1. The summed E-state index contributed by atoms with van der Waals surface area (Å²) >= 11 is 0. The first kappa shape index (κ1) is 31.3. The van der Waals surface area contributed by atoms with Crippen LogP contribution in [0, 0.1) is 5.92 Å². The van der Waals surface area contributed by atoms with Gasteiger partial charge in [-0.1, -0.05) is 26.0 Å². The molecule has 1 aliphatic rings. The number of rotatable bonds is 14. The largest absolute Gasteiger partial charge is 0.508 e. The van der Waals surface area contributed by atoms with E-state index in [-0.39, 0.29) is 42.9 Å². The molecule has 0 aliphatic carbocycles. The van der Waals surface area contributed by atoms with Gasteiger partial charge in [-0.3, -0.25) is 19.4 Å². The molecule has 10 N–H and O–H groups in total. The van der Waals surface area contributed by atoms with Gasteiger partial charge in [0, 0.05) is 19.5 Å². The minimum absolute atomic E-state index is 0.0304. The van der Waals surface area contributed by atoms with Gasteiger partial charge in [-0.25, -0.2) is 4.79 Å². The van der Waals surface area contributed by atoms with E-state index in [4.69, 9.17) is 17.2 Å². The van der Waals surface area contributed by atoms with Crippen molar-refractivity contribution in [1.29, 1.82) is 0 Å². The molecule has 1 aliphatic heterocycles. The van der Waals surface area contributed by atoms with E-state index >= 15 is 0 Å². The summed E-state index contributed by atoms with van der Waals surface area (Å²) in [7, 11) is 0. The van der Waals surface area contributed by atoms with Crippen LogP contribution in [0.5, 0.6) is 5.75 Å². The fraction of sp³-hybridized carbons (Fsp3) is 0.577. The molecule has 4 atom stereocenters. The lowest BCUT2D eigenvalue weighted by molar-refractivity contribution is -0.143. The average Bonchev–Trinajstić information content (AvgIpc) is 3.35. The minimum Gasteiger partial charge on any atom is -0.508 e. The lowest BCUT2D eigenvalue weighted by Crippen LogP contribution is -2.57. The molecule has 0 bridgehead atoms. The zero-order valence-corrected chi connectivity index (χ0v) is 22.5. The molecule has 0 radical (unpaired) electrons. The number of guanidine groups is 1. The second kappa shape index (κ2) is 14.9. The molecule has 0 saturated carbocycles. The number of nitrogens with one attached hydrogen (secondary N) is 2. The maximum Gasteiger partial charge on any atom is 0.326 e. The Morgan fingerprint density at radius 1 is 1.10 bits per heavy atom. The molecule has 39 heavy (non-hydrogen) atoms. The van der Waals surface area contributed by atoms with Crippen molar-refractivity contribution >= 4 is 29.7 Å². The summed E-state index contributed by atoms with van der Waals surface area (Å²) in [6.07, 6.45) is 1.96. The topological polar surface area (TPSA) is 226 Å². The summed E-state index contributed by atoms with van der Waals surface area (Å²) in [5.41, 5.74) is 17.4. The van der Waals surface area contributed by atoms with Crippen LogP contribution in [0.4, 0.5) is 0 Å². The molecule has 0 spiro atoms. The number of carbonyl (C=O) groups is 4. The van der Waals surface area contributed by atoms with Gasteiger partial charge in [0.25, 0.3) is 0 Å². The van der Waals surface area contributed by atoms with Crippen molar-refractivity contribution in [1.82, 2.24) is 15.5 Å². The van der Waals surface area contributed by atoms with Gasteiger partial charge >= 0.3 is 5.97 Å². The Labute approximate surface area is 228 Å². The molecule has 4 unspecified atom stereocenters. The molecule has 1 heterocycles. The number of aliphatic carboxylic acids is 1. The molecule has 216 valence electrons. The highest BCUT2D eigenvalue weighted by atomic mass is 16.4. The normalized spacial score (nSPS) is 17.2. The Morgan fingerprint density at radius 2 is 1.77 bits per heavy atom. The van der Waals surface area contributed by atoms with Crippen LogP contribution in [-0.2, 0) is 25.6 Å². The van der Waals surface area contributed by atoms with Crippen molar-refractivity contribution in [3.8, 4) is 5.75 Å². The lowest BCUT2D eigenvalue weighted by Gasteiger charge is -2.29. The first-order valence-electron chi connectivity index (χ1n) is 13.1. The fourth-order valence-electron chi connectivity index (χ4n) is 4.51. The van der Waals surface area contributed by atoms with Gasteiger partial charge in [0.15, 0.2) is 5.96 Å². The molecule has 2 rings (SSSR count). The van der Waals surface area contributed by atoms with Crippen molar-refractivity contribution in [3.05, 3.63) is 29.8 Å². The van der Waals surface area contributed by atoms with Crippen molar-refractivity contribution in [2.75, 3.05) is 13.1 Å². The summed E-state index contributed by atoms with van der Waals surface area (Å²) in [5.74, 6) is -2.64. The number of phenols is 1. The van der Waals surface area contributed by atoms with E-state index in [1.165, 1.54) is 17.0 Å². The van der Waals surface area contributed by atoms with Gasteiger partial charge in [0.2, 0.25) is 17.7 Å². The summed E-state index contributed by atoms with van der Waals surface area (Å²) in [4.78, 5) is 56.7. The SMILES string of the molecule is CC(C)CC(N)C(=O)N1CCCC1C(=O)NC(CCCN=C(N)N)C(=O)NC(Cc1ccc(O)cc1)C(=O)O. The quantitative estimate of drug-likeness (QED) is 0.0895. The van der Waals surface area contributed by atoms with E-state index in [1.807, 2.05) is 13.8 Å². The second-order valence-corrected chi connectivity index (χ2v) is 10.2. The zero-order valence-electron chi connectivity index (χ0n) is 22.5. The third-order valence-corrected chi connectivity index (χ3v) is 6.45. The van der Waals surface area contributed by atoms with Crippen LogP contribution in [0.15, 0.2) is 29.3 Å².